The zero-order valence-corrected chi connectivity index (χ0v) is 12.4. The molecule has 0 aliphatic rings. The van der Waals surface area contributed by atoms with Gasteiger partial charge in [-0.05, 0) is 48.7 Å². The maximum atomic E-state index is 13.7. The number of aryl methyl sites for hydroxylation is 2. The smallest absolute Gasteiger partial charge is 0.170 e. The fourth-order valence-electron chi connectivity index (χ4n) is 1.91. The second-order valence-electron chi connectivity index (χ2n) is 4.64. The van der Waals surface area contributed by atoms with Crippen LogP contribution in [0.5, 0.6) is 0 Å². The van der Waals surface area contributed by atoms with E-state index in [2.05, 4.69) is 15.9 Å². The van der Waals surface area contributed by atoms with Crippen LogP contribution in [0, 0.1) is 19.7 Å². The van der Waals surface area contributed by atoms with Crippen molar-refractivity contribution in [1.29, 1.82) is 0 Å². The minimum absolute atomic E-state index is 0.140. The van der Waals surface area contributed by atoms with E-state index in [-0.39, 0.29) is 17.8 Å². The van der Waals surface area contributed by atoms with E-state index in [0.717, 1.165) is 11.1 Å². The van der Waals surface area contributed by atoms with Gasteiger partial charge in [0.25, 0.3) is 0 Å². The van der Waals surface area contributed by atoms with E-state index in [4.69, 9.17) is 0 Å². The van der Waals surface area contributed by atoms with Crippen molar-refractivity contribution in [2.75, 3.05) is 0 Å². The molecule has 1 nitrogen and oxygen atoms in total. The molecule has 19 heavy (non-hydrogen) atoms. The van der Waals surface area contributed by atoms with E-state index >= 15 is 0 Å². The van der Waals surface area contributed by atoms with Crippen molar-refractivity contribution in [1.82, 2.24) is 0 Å². The molecule has 0 amide bonds. The van der Waals surface area contributed by atoms with Crippen molar-refractivity contribution in [3.63, 3.8) is 0 Å². The largest absolute Gasteiger partial charge is 0.294 e. The second kappa shape index (κ2) is 5.66. The standard InChI is InChI=1S/C16H14BrFO/c1-10-3-4-12(7-11(10)2)8-16(19)14-6-5-13(17)9-15(14)18/h3-7,9H,8H2,1-2H3. The predicted octanol–water partition coefficient (Wildman–Crippen LogP) is 4.63. The van der Waals surface area contributed by atoms with Gasteiger partial charge in [-0.1, -0.05) is 34.1 Å². The van der Waals surface area contributed by atoms with Gasteiger partial charge in [0.1, 0.15) is 5.82 Å². The summed E-state index contributed by atoms with van der Waals surface area (Å²) in [6.45, 7) is 4.03. The molecule has 0 spiro atoms. The van der Waals surface area contributed by atoms with Gasteiger partial charge in [0, 0.05) is 10.9 Å². The van der Waals surface area contributed by atoms with Gasteiger partial charge in [0.05, 0.1) is 5.56 Å². The third-order valence-electron chi connectivity index (χ3n) is 3.17. The van der Waals surface area contributed by atoms with Gasteiger partial charge in [-0.2, -0.15) is 0 Å². The molecule has 2 aromatic carbocycles. The number of ketones is 1. The monoisotopic (exact) mass is 320 g/mol. The van der Waals surface area contributed by atoms with E-state index in [1.54, 1.807) is 6.07 Å². The summed E-state index contributed by atoms with van der Waals surface area (Å²) >= 11 is 3.18. The third kappa shape index (κ3) is 3.29. The van der Waals surface area contributed by atoms with Gasteiger partial charge in [-0.25, -0.2) is 4.39 Å². The number of hydrogen-bond donors (Lipinski definition) is 0. The van der Waals surface area contributed by atoms with Gasteiger partial charge in [-0.3, -0.25) is 4.79 Å². The predicted molar refractivity (Wildman–Crippen MR) is 78.1 cm³/mol. The normalized spacial score (nSPS) is 10.5. The lowest BCUT2D eigenvalue weighted by Crippen LogP contribution is -2.06. The fourth-order valence-corrected chi connectivity index (χ4v) is 2.24. The SMILES string of the molecule is Cc1ccc(CC(=O)c2ccc(Br)cc2F)cc1C. The summed E-state index contributed by atoms with van der Waals surface area (Å²) in [7, 11) is 0. The minimum atomic E-state index is -0.483. The highest BCUT2D eigenvalue weighted by Crippen LogP contribution is 2.18. The van der Waals surface area contributed by atoms with Crippen molar-refractivity contribution >= 4 is 21.7 Å². The van der Waals surface area contributed by atoms with Crippen LogP contribution >= 0.6 is 15.9 Å². The number of Topliss-reactive ketones (excluding diaryl/α,β-unsaturated/α-hetero) is 1. The molecule has 0 atom stereocenters. The summed E-state index contributed by atoms with van der Waals surface area (Å²) in [5.41, 5.74) is 3.38. The molecule has 0 fully saturated rings. The first-order chi connectivity index (χ1) is 8.97. The molecular weight excluding hydrogens is 307 g/mol. The zero-order chi connectivity index (χ0) is 14.0. The highest BCUT2D eigenvalue weighted by Gasteiger charge is 2.12. The van der Waals surface area contributed by atoms with Crippen LogP contribution in [0.3, 0.4) is 0 Å². The molecule has 0 N–H and O–H groups in total. The highest BCUT2D eigenvalue weighted by atomic mass is 79.9. The van der Waals surface area contributed by atoms with Crippen LogP contribution in [-0.4, -0.2) is 5.78 Å². The summed E-state index contributed by atoms with van der Waals surface area (Å²) in [5.74, 6) is -0.684. The molecule has 0 heterocycles. The number of rotatable bonds is 3. The highest BCUT2D eigenvalue weighted by molar-refractivity contribution is 9.10. The third-order valence-corrected chi connectivity index (χ3v) is 3.66. The molecule has 0 bridgehead atoms. The van der Waals surface area contributed by atoms with Crippen LogP contribution in [0.1, 0.15) is 27.0 Å². The molecule has 0 aliphatic heterocycles. The Morgan fingerprint density at radius 2 is 1.84 bits per heavy atom. The van der Waals surface area contributed by atoms with Gasteiger partial charge >= 0.3 is 0 Å². The molecule has 0 aromatic heterocycles. The van der Waals surface area contributed by atoms with E-state index in [0.29, 0.717) is 4.47 Å². The average Bonchev–Trinajstić information content (AvgIpc) is 2.33. The summed E-state index contributed by atoms with van der Waals surface area (Å²) in [6.07, 6.45) is 0.222. The first kappa shape index (κ1) is 13.9. The van der Waals surface area contributed by atoms with Crippen molar-refractivity contribution < 1.29 is 9.18 Å². The van der Waals surface area contributed by atoms with Crippen LogP contribution in [0.15, 0.2) is 40.9 Å². The Kier molecular flexibility index (Phi) is 4.15. The minimum Gasteiger partial charge on any atom is -0.294 e. The molecule has 0 saturated heterocycles. The number of benzene rings is 2. The Hall–Kier alpha value is -1.48. The van der Waals surface area contributed by atoms with Crippen molar-refractivity contribution in [3.8, 4) is 0 Å². The zero-order valence-electron chi connectivity index (χ0n) is 10.8. The first-order valence-corrected chi connectivity index (χ1v) is 6.81. The lowest BCUT2D eigenvalue weighted by atomic mass is 9.99. The van der Waals surface area contributed by atoms with Gasteiger partial charge in [0.2, 0.25) is 0 Å². The van der Waals surface area contributed by atoms with Crippen molar-refractivity contribution in [2.24, 2.45) is 0 Å². The number of carbonyl (C=O) groups excluding carboxylic acids is 1. The molecule has 3 heteroatoms. The molecule has 0 unspecified atom stereocenters. The summed E-state index contributed by atoms with van der Waals surface area (Å²) in [6, 6.07) is 10.4. The maximum Gasteiger partial charge on any atom is 0.170 e. The Morgan fingerprint density at radius 3 is 2.47 bits per heavy atom. The Bertz CT molecular complexity index is 635. The van der Waals surface area contributed by atoms with Crippen LogP contribution in [0.4, 0.5) is 4.39 Å². The molecule has 98 valence electrons. The molecular formula is C16H14BrFO. The van der Waals surface area contributed by atoms with Crippen LogP contribution in [0.2, 0.25) is 0 Å². The van der Waals surface area contributed by atoms with E-state index < -0.39 is 5.82 Å². The number of carbonyl (C=O) groups is 1. The number of halogens is 2. The maximum absolute atomic E-state index is 13.7. The van der Waals surface area contributed by atoms with Crippen LogP contribution in [0.25, 0.3) is 0 Å². The Morgan fingerprint density at radius 1 is 1.11 bits per heavy atom. The summed E-state index contributed by atoms with van der Waals surface area (Å²) in [5, 5.41) is 0. The number of hydrogen-bond acceptors (Lipinski definition) is 1. The summed E-state index contributed by atoms with van der Waals surface area (Å²) in [4.78, 5) is 12.1. The van der Waals surface area contributed by atoms with E-state index in [1.807, 2.05) is 32.0 Å². The lowest BCUT2D eigenvalue weighted by Gasteiger charge is -2.06. The van der Waals surface area contributed by atoms with E-state index in [9.17, 15) is 9.18 Å². The van der Waals surface area contributed by atoms with Crippen LogP contribution in [-0.2, 0) is 6.42 Å². The average molecular weight is 321 g/mol. The van der Waals surface area contributed by atoms with Crippen molar-refractivity contribution in [3.05, 3.63) is 68.9 Å². The van der Waals surface area contributed by atoms with Gasteiger partial charge in [-0.15, -0.1) is 0 Å². The Labute approximate surface area is 120 Å². The van der Waals surface area contributed by atoms with Crippen molar-refractivity contribution in [2.45, 2.75) is 20.3 Å². The molecule has 0 radical (unpaired) electrons. The molecule has 0 saturated carbocycles. The van der Waals surface area contributed by atoms with E-state index in [1.165, 1.54) is 17.7 Å². The first-order valence-electron chi connectivity index (χ1n) is 6.02. The van der Waals surface area contributed by atoms with Gasteiger partial charge < -0.3 is 0 Å². The second-order valence-corrected chi connectivity index (χ2v) is 5.56. The van der Waals surface area contributed by atoms with Crippen LogP contribution < -0.4 is 0 Å². The molecule has 0 aliphatic carbocycles. The topological polar surface area (TPSA) is 17.1 Å². The Balaban J connectivity index is 2.23. The summed E-state index contributed by atoms with van der Waals surface area (Å²) < 4.78 is 14.3. The quantitative estimate of drug-likeness (QED) is 0.753. The fraction of sp³-hybridized carbons (Fsp3) is 0.188. The molecule has 2 aromatic rings. The lowest BCUT2D eigenvalue weighted by molar-refractivity contribution is 0.0989. The van der Waals surface area contributed by atoms with Gasteiger partial charge in [0.15, 0.2) is 5.78 Å². The molecule has 2 rings (SSSR count).